The zero-order valence-corrected chi connectivity index (χ0v) is 14.9. The SMILES string of the molecule is CSCCCCNCCCN(C(=O)OC(C)(C)C)C1CC1. The quantitative estimate of drug-likeness (QED) is 0.626. The molecule has 21 heavy (non-hydrogen) atoms. The summed E-state index contributed by atoms with van der Waals surface area (Å²) < 4.78 is 5.49. The van der Waals surface area contributed by atoms with Gasteiger partial charge >= 0.3 is 6.09 Å². The molecule has 0 aromatic rings. The molecule has 1 fully saturated rings. The molecule has 1 aliphatic carbocycles. The minimum Gasteiger partial charge on any atom is -0.444 e. The van der Waals surface area contributed by atoms with Gasteiger partial charge in [-0.25, -0.2) is 4.79 Å². The number of nitrogens with zero attached hydrogens (tertiary/aromatic N) is 1. The molecule has 124 valence electrons. The molecule has 0 aliphatic heterocycles. The molecule has 1 aliphatic rings. The summed E-state index contributed by atoms with van der Waals surface area (Å²) >= 11 is 1.91. The van der Waals surface area contributed by atoms with Gasteiger partial charge in [0.25, 0.3) is 0 Å². The van der Waals surface area contributed by atoms with Crippen molar-refractivity contribution >= 4 is 17.9 Å². The van der Waals surface area contributed by atoms with Gasteiger partial charge in [-0.05, 0) is 78.0 Å². The third kappa shape index (κ3) is 9.25. The Labute approximate surface area is 134 Å². The first-order chi connectivity index (χ1) is 9.94. The van der Waals surface area contributed by atoms with Crippen molar-refractivity contribution in [1.82, 2.24) is 10.2 Å². The van der Waals surface area contributed by atoms with Gasteiger partial charge in [0.1, 0.15) is 5.60 Å². The standard InChI is InChI=1S/C16H32N2O2S/c1-16(2,3)20-15(19)18(14-8-9-14)12-7-11-17-10-5-6-13-21-4/h14,17H,5-13H2,1-4H3. The summed E-state index contributed by atoms with van der Waals surface area (Å²) in [6.07, 6.45) is 7.77. The minimum atomic E-state index is -0.403. The summed E-state index contributed by atoms with van der Waals surface area (Å²) in [5, 5.41) is 3.46. The van der Waals surface area contributed by atoms with Crippen LogP contribution in [0.1, 0.15) is 52.9 Å². The molecule has 0 aromatic heterocycles. The van der Waals surface area contributed by atoms with Crippen molar-refractivity contribution in [2.45, 2.75) is 64.5 Å². The molecule has 1 amide bonds. The predicted molar refractivity (Wildman–Crippen MR) is 91.1 cm³/mol. The van der Waals surface area contributed by atoms with Crippen LogP contribution in [0.5, 0.6) is 0 Å². The summed E-state index contributed by atoms with van der Waals surface area (Å²) in [6.45, 7) is 8.63. The summed E-state index contributed by atoms with van der Waals surface area (Å²) in [5.41, 5.74) is -0.403. The smallest absolute Gasteiger partial charge is 0.410 e. The highest BCUT2D eigenvalue weighted by Crippen LogP contribution is 2.28. The Balaban J connectivity index is 2.13. The fraction of sp³-hybridized carbons (Fsp3) is 0.938. The van der Waals surface area contributed by atoms with E-state index in [2.05, 4.69) is 11.6 Å². The van der Waals surface area contributed by atoms with E-state index in [4.69, 9.17) is 4.74 Å². The van der Waals surface area contributed by atoms with Crippen LogP contribution >= 0.6 is 11.8 Å². The third-order valence-corrected chi connectivity index (χ3v) is 4.02. The molecule has 1 rings (SSSR count). The first-order valence-corrected chi connectivity index (χ1v) is 9.52. The normalized spacial score (nSPS) is 15.0. The molecule has 0 radical (unpaired) electrons. The molecule has 0 unspecified atom stereocenters. The summed E-state index contributed by atoms with van der Waals surface area (Å²) in [5.74, 6) is 1.25. The first kappa shape index (κ1) is 18.6. The number of unbranched alkanes of at least 4 members (excludes halogenated alkanes) is 1. The number of carbonyl (C=O) groups excluding carboxylic acids is 1. The molecule has 0 heterocycles. The summed E-state index contributed by atoms with van der Waals surface area (Å²) in [4.78, 5) is 14.1. The lowest BCUT2D eigenvalue weighted by molar-refractivity contribution is 0.0232. The second-order valence-corrected chi connectivity index (χ2v) is 7.69. The molecule has 0 saturated heterocycles. The van der Waals surface area contributed by atoms with Crippen LogP contribution in [0, 0.1) is 0 Å². The summed E-state index contributed by atoms with van der Waals surface area (Å²) in [6, 6.07) is 0.418. The Hall–Kier alpha value is -0.420. The van der Waals surface area contributed by atoms with E-state index >= 15 is 0 Å². The van der Waals surface area contributed by atoms with Gasteiger partial charge in [-0.1, -0.05) is 0 Å². The lowest BCUT2D eigenvalue weighted by atomic mass is 10.2. The van der Waals surface area contributed by atoms with Crippen molar-refractivity contribution in [2.24, 2.45) is 0 Å². The molecule has 1 N–H and O–H groups in total. The first-order valence-electron chi connectivity index (χ1n) is 8.13. The Morgan fingerprint density at radius 1 is 1.24 bits per heavy atom. The minimum absolute atomic E-state index is 0.148. The lowest BCUT2D eigenvalue weighted by Gasteiger charge is -2.27. The van der Waals surface area contributed by atoms with Crippen molar-refractivity contribution in [2.75, 3.05) is 31.6 Å². The van der Waals surface area contributed by atoms with Crippen molar-refractivity contribution in [3.63, 3.8) is 0 Å². The van der Waals surface area contributed by atoms with Gasteiger partial charge in [-0.2, -0.15) is 11.8 Å². The number of nitrogens with one attached hydrogen (secondary N) is 1. The number of amides is 1. The lowest BCUT2D eigenvalue weighted by Crippen LogP contribution is -2.39. The Bertz CT molecular complexity index is 301. The van der Waals surface area contributed by atoms with Crippen LogP contribution in [0.15, 0.2) is 0 Å². The van der Waals surface area contributed by atoms with E-state index in [1.54, 1.807) is 0 Å². The van der Waals surface area contributed by atoms with E-state index in [9.17, 15) is 4.79 Å². The monoisotopic (exact) mass is 316 g/mol. The van der Waals surface area contributed by atoms with Gasteiger partial charge in [0, 0.05) is 12.6 Å². The van der Waals surface area contributed by atoms with E-state index in [0.29, 0.717) is 6.04 Å². The van der Waals surface area contributed by atoms with Crippen LogP contribution in [-0.4, -0.2) is 54.3 Å². The van der Waals surface area contributed by atoms with Crippen LogP contribution in [-0.2, 0) is 4.74 Å². The molecule has 5 heteroatoms. The maximum absolute atomic E-state index is 12.2. The second kappa shape index (κ2) is 9.57. The van der Waals surface area contributed by atoms with E-state index < -0.39 is 5.60 Å². The molecular weight excluding hydrogens is 284 g/mol. The largest absolute Gasteiger partial charge is 0.444 e. The van der Waals surface area contributed by atoms with E-state index in [1.165, 1.54) is 18.6 Å². The van der Waals surface area contributed by atoms with Crippen molar-refractivity contribution in [3.05, 3.63) is 0 Å². The van der Waals surface area contributed by atoms with Gasteiger partial charge < -0.3 is 15.0 Å². The molecule has 0 atom stereocenters. The van der Waals surface area contributed by atoms with Gasteiger partial charge in [0.15, 0.2) is 0 Å². The highest BCUT2D eigenvalue weighted by Gasteiger charge is 2.34. The Morgan fingerprint density at radius 2 is 1.90 bits per heavy atom. The van der Waals surface area contributed by atoms with Gasteiger partial charge in [-0.3, -0.25) is 0 Å². The highest BCUT2D eigenvalue weighted by molar-refractivity contribution is 7.98. The second-order valence-electron chi connectivity index (χ2n) is 6.71. The molecular formula is C16H32N2O2S. The third-order valence-electron chi connectivity index (χ3n) is 3.32. The highest BCUT2D eigenvalue weighted by atomic mass is 32.2. The van der Waals surface area contributed by atoms with E-state index in [-0.39, 0.29) is 6.09 Å². The number of ether oxygens (including phenoxy) is 1. The molecule has 0 bridgehead atoms. The number of rotatable bonds is 10. The van der Waals surface area contributed by atoms with Crippen LogP contribution in [0.3, 0.4) is 0 Å². The zero-order chi connectivity index (χ0) is 15.7. The number of hydrogen-bond donors (Lipinski definition) is 1. The van der Waals surface area contributed by atoms with Gasteiger partial charge in [0.05, 0.1) is 0 Å². The van der Waals surface area contributed by atoms with Gasteiger partial charge in [-0.15, -0.1) is 0 Å². The maximum atomic E-state index is 12.2. The average Bonchev–Trinajstić information content (AvgIpc) is 3.19. The molecule has 4 nitrogen and oxygen atoms in total. The number of carbonyl (C=O) groups is 1. The van der Waals surface area contributed by atoms with E-state index in [0.717, 1.165) is 38.9 Å². The molecule has 0 aromatic carbocycles. The average molecular weight is 317 g/mol. The molecule has 1 saturated carbocycles. The number of thioether (sulfide) groups is 1. The predicted octanol–water partition coefficient (Wildman–Crippen LogP) is 3.51. The van der Waals surface area contributed by atoms with E-state index in [1.807, 2.05) is 37.4 Å². The Kier molecular flexibility index (Phi) is 8.49. The van der Waals surface area contributed by atoms with Crippen LogP contribution in [0.25, 0.3) is 0 Å². The summed E-state index contributed by atoms with van der Waals surface area (Å²) in [7, 11) is 0. The van der Waals surface area contributed by atoms with Crippen molar-refractivity contribution < 1.29 is 9.53 Å². The van der Waals surface area contributed by atoms with Crippen LogP contribution in [0.2, 0.25) is 0 Å². The van der Waals surface area contributed by atoms with Crippen molar-refractivity contribution in [3.8, 4) is 0 Å². The maximum Gasteiger partial charge on any atom is 0.410 e. The topological polar surface area (TPSA) is 41.6 Å². The fourth-order valence-corrected chi connectivity index (χ4v) is 2.62. The van der Waals surface area contributed by atoms with Gasteiger partial charge in [0.2, 0.25) is 0 Å². The number of hydrogen-bond acceptors (Lipinski definition) is 4. The molecule has 0 spiro atoms. The van der Waals surface area contributed by atoms with Crippen LogP contribution < -0.4 is 5.32 Å². The Morgan fingerprint density at radius 3 is 2.48 bits per heavy atom. The fourth-order valence-electron chi connectivity index (χ4n) is 2.13. The van der Waals surface area contributed by atoms with Crippen molar-refractivity contribution in [1.29, 1.82) is 0 Å². The zero-order valence-electron chi connectivity index (χ0n) is 14.1. The van der Waals surface area contributed by atoms with Crippen LogP contribution in [0.4, 0.5) is 4.79 Å².